The summed E-state index contributed by atoms with van der Waals surface area (Å²) >= 11 is 0. The molecule has 0 aromatic carbocycles. The smallest absolute Gasteiger partial charge is 0.397 e. The fraction of sp³-hybridized carbons (Fsp3) is 1.00. The molecule has 0 aliphatic carbocycles. The number of aliphatic hydroxyl groups is 1. The van der Waals surface area contributed by atoms with E-state index in [0.717, 1.165) is 25.7 Å². The molecule has 0 radical (unpaired) electrons. The van der Waals surface area contributed by atoms with E-state index in [4.69, 9.17) is 18.4 Å². The lowest BCUT2D eigenvalue weighted by Gasteiger charge is -2.29. The Hall–Kier alpha value is -0.153. The summed E-state index contributed by atoms with van der Waals surface area (Å²) in [6, 6.07) is 0.455. The highest BCUT2D eigenvalue weighted by atomic mass is 28.4. The summed E-state index contributed by atoms with van der Waals surface area (Å²) in [6.07, 6.45) is 2.04. The molecule has 0 aromatic rings. The van der Waals surface area contributed by atoms with Gasteiger partial charge in [-0.25, -0.2) is 0 Å². The van der Waals surface area contributed by atoms with Crippen LogP contribution in [0.1, 0.15) is 66.2 Å². The Balaban J connectivity index is 0. The van der Waals surface area contributed by atoms with E-state index in [-0.39, 0.29) is 6.61 Å². The average molecular weight is 377 g/mol. The zero-order chi connectivity index (χ0) is 18.9. The standard InChI is InChI=1S/C14H29F3O3Si.C2H6O/c1-4-7-8-9-10-11-12-21(18-5-2,19-6-3)20-13-14(15,16)17;1-2-3/h4-13H2,1-3H3;3H,2H2,1H3. The lowest BCUT2D eigenvalue weighted by molar-refractivity contribution is -0.164. The number of unbranched alkanes of at least 4 members (excludes halogenated alkanes) is 5. The van der Waals surface area contributed by atoms with Crippen molar-refractivity contribution < 1.29 is 31.6 Å². The predicted octanol–water partition coefficient (Wildman–Crippen LogP) is 4.94. The SMILES string of the molecule is CCCCCCCC[Si](OCC)(OCC)OCC(F)(F)F.CCO. The maximum absolute atomic E-state index is 12.4. The molecule has 0 unspecified atom stereocenters. The van der Waals surface area contributed by atoms with Gasteiger partial charge in [-0.2, -0.15) is 13.2 Å². The minimum atomic E-state index is -4.35. The number of aliphatic hydroxyl groups excluding tert-OH is 1. The summed E-state index contributed by atoms with van der Waals surface area (Å²) in [5.41, 5.74) is 0. The van der Waals surface area contributed by atoms with Gasteiger partial charge in [0.05, 0.1) is 0 Å². The predicted molar refractivity (Wildman–Crippen MR) is 92.0 cm³/mol. The van der Waals surface area contributed by atoms with Crippen LogP contribution in [0.25, 0.3) is 0 Å². The molecular weight excluding hydrogens is 341 g/mol. The summed E-state index contributed by atoms with van der Waals surface area (Å²) in [5.74, 6) is 0. The number of hydrogen-bond donors (Lipinski definition) is 1. The van der Waals surface area contributed by atoms with Gasteiger partial charge in [-0.05, 0) is 27.2 Å². The molecular formula is C16H35F3O4Si. The van der Waals surface area contributed by atoms with Crippen LogP contribution in [-0.2, 0) is 13.3 Å². The van der Waals surface area contributed by atoms with Crippen molar-refractivity contribution in [2.45, 2.75) is 78.4 Å². The molecule has 24 heavy (non-hydrogen) atoms. The second kappa shape index (κ2) is 16.3. The second-order valence-electron chi connectivity index (χ2n) is 5.29. The highest BCUT2D eigenvalue weighted by Gasteiger charge is 2.43. The van der Waals surface area contributed by atoms with E-state index in [9.17, 15) is 13.2 Å². The van der Waals surface area contributed by atoms with E-state index < -0.39 is 21.6 Å². The molecule has 0 fully saturated rings. The first-order valence-corrected chi connectivity index (χ1v) is 10.8. The summed E-state index contributed by atoms with van der Waals surface area (Å²) in [7, 11) is -3.19. The third kappa shape index (κ3) is 16.7. The van der Waals surface area contributed by atoms with E-state index in [0.29, 0.717) is 19.3 Å². The van der Waals surface area contributed by atoms with Gasteiger partial charge in [-0.3, -0.25) is 0 Å². The van der Waals surface area contributed by atoms with Crippen molar-refractivity contribution in [3.63, 3.8) is 0 Å². The Bertz CT molecular complexity index is 260. The maximum Gasteiger partial charge on any atom is 0.501 e. The van der Waals surface area contributed by atoms with Gasteiger partial charge in [0.1, 0.15) is 6.61 Å². The molecule has 0 amide bonds. The number of alkyl halides is 3. The van der Waals surface area contributed by atoms with Crippen LogP contribution in [0, 0.1) is 0 Å². The molecule has 0 atom stereocenters. The molecule has 0 heterocycles. The molecule has 0 aliphatic rings. The van der Waals surface area contributed by atoms with E-state index in [1.54, 1.807) is 20.8 Å². The molecule has 0 spiro atoms. The van der Waals surface area contributed by atoms with E-state index in [1.807, 2.05) is 0 Å². The quantitative estimate of drug-likeness (QED) is 0.365. The molecule has 0 bridgehead atoms. The van der Waals surface area contributed by atoms with Gasteiger partial charge in [-0.15, -0.1) is 0 Å². The third-order valence-corrected chi connectivity index (χ3v) is 6.03. The van der Waals surface area contributed by atoms with Crippen LogP contribution in [0.4, 0.5) is 13.2 Å². The van der Waals surface area contributed by atoms with Crippen molar-refractivity contribution in [1.29, 1.82) is 0 Å². The third-order valence-electron chi connectivity index (χ3n) is 3.02. The Morgan fingerprint density at radius 3 is 1.67 bits per heavy atom. The van der Waals surface area contributed by atoms with E-state index in [1.165, 1.54) is 12.8 Å². The van der Waals surface area contributed by atoms with E-state index >= 15 is 0 Å². The first-order valence-electron chi connectivity index (χ1n) is 8.90. The van der Waals surface area contributed by atoms with Crippen LogP contribution < -0.4 is 0 Å². The van der Waals surface area contributed by atoms with Crippen LogP contribution in [0.15, 0.2) is 0 Å². The van der Waals surface area contributed by atoms with Gasteiger partial charge >= 0.3 is 15.0 Å². The highest BCUT2D eigenvalue weighted by molar-refractivity contribution is 6.60. The normalized spacial score (nSPS) is 12.0. The van der Waals surface area contributed by atoms with Gasteiger partial charge in [0.15, 0.2) is 0 Å². The Kier molecular flexibility index (Phi) is 17.7. The first kappa shape index (κ1) is 26.1. The summed E-state index contributed by atoms with van der Waals surface area (Å²) in [4.78, 5) is 0. The van der Waals surface area contributed by atoms with Gasteiger partial charge in [0.2, 0.25) is 0 Å². The molecule has 4 nitrogen and oxygen atoms in total. The van der Waals surface area contributed by atoms with Crippen molar-refractivity contribution in [2.75, 3.05) is 26.4 Å². The molecule has 0 aromatic heterocycles. The zero-order valence-electron chi connectivity index (χ0n) is 15.6. The first-order chi connectivity index (χ1) is 11.3. The minimum absolute atomic E-state index is 0.250. The van der Waals surface area contributed by atoms with Crippen molar-refractivity contribution in [3.8, 4) is 0 Å². The summed E-state index contributed by atoms with van der Waals surface area (Å²) < 4.78 is 53.2. The van der Waals surface area contributed by atoms with Crippen LogP contribution in [0.2, 0.25) is 6.04 Å². The fourth-order valence-electron chi connectivity index (χ4n) is 2.09. The van der Waals surface area contributed by atoms with Gasteiger partial charge < -0.3 is 18.4 Å². The minimum Gasteiger partial charge on any atom is -0.397 e. The Morgan fingerprint density at radius 2 is 1.25 bits per heavy atom. The van der Waals surface area contributed by atoms with Crippen LogP contribution >= 0.6 is 0 Å². The highest BCUT2D eigenvalue weighted by Crippen LogP contribution is 2.24. The average Bonchev–Trinajstić information content (AvgIpc) is 2.49. The van der Waals surface area contributed by atoms with Crippen molar-refractivity contribution in [2.24, 2.45) is 0 Å². The molecule has 148 valence electrons. The number of hydrogen-bond acceptors (Lipinski definition) is 4. The lowest BCUT2D eigenvalue weighted by atomic mass is 10.1. The van der Waals surface area contributed by atoms with Gasteiger partial charge in [0.25, 0.3) is 0 Å². The van der Waals surface area contributed by atoms with Gasteiger partial charge in [-0.1, -0.05) is 39.0 Å². The largest absolute Gasteiger partial charge is 0.501 e. The zero-order valence-corrected chi connectivity index (χ0v) is 16.6. The summed E-state index contributed by atoms with van der Waals surface area (Å²) in [6.45, 7) is 6.89. The molecule has 0 saturated carbocycles. The van der Waals surface area contributed by atoms with Crippen molar-refractivity contribution in [3.05, 3.63) is 0 Å². The molecule has 0 rings (SSSR count). The van der Waals surface area contributed by atoms with Crippen molar-refractivity contribution in [1.82, 2.24) is 0 Å². The Morgan fingerprint density at radius 1 is 0.792 bits per heavy atom. The van der Waals surface area contributed by atoms with Crippen LogP contribution in [0.5, 0.6) is 0 Å². The maximum atomic E-state index is 12.4. The molecule has 8 heteroatoms. The molecule has 0 aliphatic heterocycles. The lowest BCUT2D eigenvalue weighted by Crippen LogP contribution is -2.47. The summed E-state index contributed by atoms with van der Waals surface area (Å²) in [5, 5.41) is 7.57. The van der Waals surface area contributed by atoms with Crippen molar-refractivity contribution >= 4 is 8.80 Å². The molecule has 1 N–H and O–H groups in total. The van der Waals surface area contributed by atoms with Crippen LogP contribution in [-0.4, -0.2) is 46.5 Å². The second-order valence-corrected chi connectivity index (χ2v) is 8.02. The van der Waals surface area contributed by atoms with Gasteiger partial charge in [0, 0.05) is 25.9 Å². The van der Waals surface area contributed by atoms with E-state index in [2.05, 4.69) is 6.92 Å². The molecule has 0 saturated heterocycles. The number of halogens is 3. The van der Waals surface area contributed by atoms with Crippen LogP contribution in [0.3, 0.4) is 0 Å². The topological polar surface area (TPSA) is 47.9 Å². The fourth-order valence-corrected chi connectivity index (χ4v) is 4.72. The Labute approximate surface area is 146 Å². The number of rotatable bonds is 13. The monoisotopic (exact) mass is 376 g/mol.